The van der Waals surface area contributed by atoms with E-state index in [-0.39, 0.29) is 11.8 Å². The predicted octanol–water partition coefficient (Wildman–Crippen LogP) is 7.14. The van der Waals surface area contributed by atoms with Gasteiger partial charge >= 0.3 is 0 Å². The van der Waals surface area contributed by atoms with E-state index in [9.17, 15) is 9.59 Å². The zero-order valence-electron chi connectivity index (χ0n) is 19.4. The van der Waals surface area contributed by atoms with Crippen molar-refractivity contribution in [2.75, 3.05) is 10.0 Å². The number of hydrazone groups is 2. The molecule has 9 heteroatoms. The lowest BCUT2D eigenvalue weighted by Crippen LogP contribution is -2.40. The lowest BCUT2D eigenvalue weighted by molar-refractivity contribution is -0.122. The number of hydrogen-bond acceptors (Lipinski definition) is 4. The molecule has 0 bridgehead atoms. The SMILES string of the molecule is CC1=NN(c2ccccc2Br)C(=O)[C@H]1C(c1ccc(Br)cc1)[C@@H]1C(=O)N(c2ccccc2Br)N=C1C. The van der Waals surface area contributed by atoms with Crippen molar-refractivity contribution >= 4 is 82.4 Å². The maximum atomic E-state index is 13.9. The Bertz CT molecular complexity index is 1340. The second-order valence-electron chi connectivity index (χ2n) is 8.72. The molecule has 36 heavy (non-hydrogen) atoms. The molecule has 3 aromatic rings. The zero-order chi connectivity index (χ0) is 25.6. The van der Waals surface area contributed by atoms with Crippen LogP contribution in [-0.2, 0) is 9.59 Å². The third kappa shape index (κ3) is 4.37. The number of rotatable bonds is 5. The zero-order valence-corrected chi connectivity index (χ0v) is 24.2. The van der Waals surface area contributed by atoms with Crippen molar-refractivity contribution in [2.45, 2.75) is 19.8 Å². The van der Waals surface area contributed by atoms with E-state index in [1.807, 2.05) is 86.6 Å². The standard InChI is InChI=1S/C27H21Br3N4O2/c1-15-23(26(35)33(31-15)21-9-5-3-7-19(21)29)25(17-11-13-18(28)14-12-17)24-16(2)32-34(27(24)36)22-10-6-4-8-20(22)30/h3-14,23-25H,1-2H3/t23-,24-/m1/s1. The maximum absolute atomic E-state index is 13.9. The van der Waals surface area contributed by atoms with Gasteiger partial charge in [0.25, 0.3) is 11.8 Å². The third-order valence-corrected chi connectivity index (χ3v) is 8.37. The fourth-order valence-electron chi connectivity index (χ4n) is 4.84. The molecule has 5 rings (SSSR count). The van der Waals surface area contributed by atoms with E-state index in [2.05, 4.69) is 58.0 Å². The minimum Gasteiger partial charge on any atom is -0.272 e. The smallest absolute Gasteiger partial charge is 0.256 e. The highest BCUT2D eigenvalue weighted by atomic mass is 79.9. The highest BCUT2D eigenvalue weighted by molar-refractivity contribution is 9.11. The van der Waals surface area contributed by atoms with Gasteiger partial charge in [-0.25, -0.2) is 0 Å². The summed E-state index contributed by atoms with van der Waals surface area (Å²) in [7, 11) is 0. The van der Waals surface area contributed by atoms with E-state index in [0.717, 1.165) is 19.0 Å². The molecule has 0 aliphatic carbocycles. The Balaban J connectivity index is 1.59. The summed E-state index contributed by atoms with van der Waals surface area (Å²) < 4.78 is 2.46. The number of hydrogen-bond donors (Lipinski definition) is 0. The summed E-state index contributed by atoms with van der Waals surface area (Å²) in [5, 5.41) is 12.2. The molecule has 0 fully saturated rings. The van der Waals surface area contributed by atoms with Crippen molar-refractivity contribution in [3.8, 4) is 0 Å². The summed E-state index contributed by atoms with van der Waals surface area (Å²) in [5.41, 5.74) is 3.52. The summed E-state index contributed by atoms with van der Waals surface area (Å²) in [6, 6.07) is 22.7. The van der Waals surface area contributed by atoms with Gasteiger partial charge in [-0.15, -0.1) is 0 Å². The first kappa shape index (κ1) is 25.0. The van der Waals surface area contributed by atoms with Crippen LogP contribution < -0.4 is 10.0 Å². The van der Waals surface area contributed by atoms with Crippen molar-refractivity contribution in [1.82, 2.24) is 0 Å². The van der Waals surface area contributed by atoms with E-state index in [1.165, 1.54) is 10.0 Å². The molecule has 2 heterocycles. The van der Waals surface area contributed by atoms with Crippen LogP contribution in [-0.4, -0.2) is 23.2 Å². The molecule has 0 radical (unpaired) electrons. The van der Waals surface area contributed by atoms with Crippen LogP contribution in [0.5, 0.6) is 0 Å². The highest BCUT2D eigenvalue weighted by Gasteiger charge is 2.50. The molecule has 0 unspecified atom stereocenters. The summed E-state index contributed by atoms with van der Waals surface area (Å²) in [4.78, 5) is 27.9. The van der Waals surface area contributed by atoms with E-state index < -0.39 is 17.8 Å². The van der Waals surface area contributed by atoms with Crippen molar-refractivity contribution in [1.29, 1.82) is 0 Å². The van der Waals surface area contributed by atoms with Crippen LogP contribution in [0.2, 0.25) is 0 Å². The molecule has 2 atom stereocenters. The third-order valence-electron chi connectivity index (χ3n) is 6.50. The highest BCUT2D eigenvalue weighted by Crippen LogP contribution is 2.44. The summed E-state index contributed by atoms with van der Waals surface area (Å²) >= 11 is 10.6. The quantitative estimate of drug-likeness (QED) is 0.289. The topological polar surface area (TPSA) is 65.3 Å². The number of amides is 2. The Labute approximate surface area is 234 Å². The Morgan fingerprint density at radius 1 is 0.667 bits per heavy atom. The summed E-state index contributed by atoms with van der Waals surface area (Å²) in [6.45, 7) is 3.70. The van der Waals surface area contributed by atoms with Crippen LogP contribution in [0.25, 0.3) is 0 Å². The minimum absolute atomic E-state index is 0.174. The van der Waals surface area contributed by atoms with Gasteiger partial charge in [-0.1, -0.05) is 52.3 Å². The van der Waals surface area contributed by atoms with E-state index in [4.69, 9.17) is 0 Å². The summed E-state index contributed by atoms with van der Waals surface area (Å²) in [6.07, 6.45) is 0. The number of benzene rings is 3. The van der Waals surface area contributed by atoms with Gasteiger partial charge in [-0.3, -0.25) is 9.59 Å². The Morgan fingerprint density at radius 3 is 1.50 bits per heavy atom. The van der Waals surface area contributed by atoms with Crippen LogP contribution in [0.4, 0.5) is 11.4 Å². The van der Waals surface area contributed by atoms with Crippen LogP contribution in [0.15, 0.2) is 96.4 Å². The molecular formula is C27H21Br3N4O2. The molecule has 0 saturated carbocycles. The van der Waals surface area contributed by atoms with Gasteiger partial charge in [0.05, 0.1) is 23.2 Å². The first-order valence-electron chi connectivity index (χ1n) is 11.3. The number of para-hydroxylation sites is 2. The van der Waals surface area contributed by atoms with Crippen LogP contribution >= 0.6 is 47.8 Å². The fraction of sp³-hybridized carbons (Fsp3) is 0.185. The first-order chi connectivity index (χ1) is 17.3. The van der Waals surface area contributed by atoms with E-state index >= 15 is 0 Å². The lowest BCUT2D eigenvalue weighted by Gasteiger charge is -2.29. The lowest BCUT2D eigenvalue weighted by atomic mass is 9.73. The second kappa shape index (κ2) is 10.0. The average molecular weight is 673 g/mol. The van der Waals surface area contributed by atoms with Gasteiger partial charge < -0.3 is 0 Å². The molecular weight excluding hydrogens is 652 g/mol. The van der Waals surface area contributed by atoms with Gasteiger partial charge in [0, 0.05) is 30.8 Å². The van der Waals surface area contributed by atoms with Crippen molar-refractivity contribution in [3.05, 3.63) is 91.8 Å². The molecule has 0 spiro atoms. The number of halogens is 3. The fourth-order valence-corrected chi connectivity index (χ4v) is 6.01. The first-order valence-corrected chi connectivity index (χ1v) is 13.7. The molecule has 6 nitrogen and oxygen atoms in total. The van der Waals surface area contributed by atoms with E-state index in [1.54, 1.807) is 0 Å². The molecule has 3 aromatic carbocycles. The van der Waals surface area contributed by atoms with Gasteiger partial charge in [0.15, 0.2) is 0 Å². The minimum atomic E-state index is -0.628. The number of carbonyl (C=O) groups is 2. The largest absolute Gasteiger partial charge is 0.272 e. The molecule has 2 aliphatic heterocycles. The van der Waals surface area contributed by atoms with Gasteiger partial charge in [0.2, 0.25) is 0 Å². The average Bonchev–Trinajstić information content (AvgIpc) is 3.31. The summed E-state index contributed by atoms with van der Waals surface area (Å²) in [5.74, 6) is -2.09. The van der Waals surface area contributed by atoms with Crippen LogP contribution in [0, 0.1) is 11.8 Å². The maximum Gasteiger partial charge on any atom is 0.256 e. The molecule has 182 valence electrons. The molecule has 0 aromatic heterocycles. The van der Waals surface area contributed by atoms with Gasteiger partial charge in [-0.2, -0.15) is 20.2 Å². The van der Waals surface area contributed by atoms with Crippen molar-refractivity contribution < 1.29 is 9.59 Å². The Hall–Kier alpha value is -2.62. The van der Waals surface area contributed by atoms with Crippen LogP contribution in [0.1, 0.15) is 25.3 Å². The normalized spacial score (nSPS) is 19.8. The Kier molecular flexibility index (Phi) is 6.98. The van der Waals surface area contributed by atoms with Gasteiger partial charge in [0.1, 0.15) is 0 Å². The van der Waals surface area contributed by atoms with Crippen LogP contribution in [0.3, 0.4) is 0 Å². The van der Waals surface area contributed by atoms with Crippen molar-refractivity contribution in [2.24, 2.45) is 22.0 Å². The Morgan fingerprint density at radius 2 is 1.08 bits per heavy atom. The second-order valence-corrected chi connectivity index (χ2v) is 11.3. The van der Waals surface area contributed by atoms with Gasteiger partial charge in [-0.05, 0) is 87.7 Å². The number of nitrogens with zero attached hydrogens (tertiary/aromatic N) is 4. The molecule has 2 aliphatic rings. The number of anilines is 2. The van der Waals surface area contributed by atoms with Crippen molar-refractivity contribution in [3.63, 3.8) is 0 Å². The van der Waals surface area contributed by atoms with E-state index in [0.29, 0.717) is 22.8 Å². The molecule has 0 saturated heterocycles. The predicted molar refractivity (Wildman–Crippen MR) is 153 cm³/mol. The molecule has 2 amide bonds. The monoisotopic (exact) mass is 670 g/mol. The number of carbonyl (C=O) groups excluding carboxylic acids is 2. The molecule has 0 N–H and O–H groups in total.